The molecule has 2 aliphatic rings. The van der Waals surface area contributed by atoms with Crippen molar-refractivity contribution in [3.63, 3.8) is 0 Å². The summed E-state index contributed by atoms with van der Waals surface area (Å²) in [4.78, 5) is 15.3. The predicted molar refractivity (Wildman–Crippen MR) is 76.9 cm³/mol. The Bertz CT molecular complexity index is 463. The molecular formula is C13H21N5O3. The van der Waals surface area contributed by atoms with Gasteiger partial charge in [0.1, 0.15) is 6.10 Å². The van der Waals surface area contributed by atoms with Crippen molar-refractivity contribution in [2.24, 2.45) is 0 Å². The molecule has 3 rings (SSSR count). The fourth-order valence-corrected chi connectivity index (χ4v) is 2.05. The van der Waals surface area contributed by atoms with E-state index in [1.807, 2.05) is 0 Å². The van der Waals surface area contributed by atoms with Crippen molar-refractivity contribution >= 4 is 11.9 Å². The first kappa shape index (κ1) is 14.3. The summed E-state index contributed by atoms with van der Waals surface area (Å²) >= 11 is 0. The summed E-state index contributed by atoms with van der Waals surface area (Å²) in [6.45, 7) is 7.05. The van der Waals surface area contributed by atoms with Crippen LogP contribution in [0.25, 0.3) is 0 Å². The molecule has 1 aromatic rings. The van der Waals surface area contributed by atoms with Crippen molar-refractivity contribution in [3.8, 4) is 6.01 Å². The van der Waals surface area contributed by atoms with E-state index < -0.39 is 0 Å². The van der Waals surface area contributed by atoms with Crippen molar-refractivity contribution in [3.05, 3.63) is 0 Å². The van der Waals surface area contributed by atoms with Gasteiger partial charge in [0.05, 0.1) is 26.4 Å². The maximum Gasteiger partial charge on any atom is 0.323 e. The lowest BCUT2D eigenvalue weighted by atomic mass is 10.3. The molecule has 0 radical (unpaired) electrons. The summed E-state index contributed by atoms with van der Waals surface area (Å²) in [5.74, 6) is 1.20. The Morgan fingerprint density at radius 2 is 2.00 bits per heavy atom. The highest BCUT2D eigenvalue weighted by atomic mass is 16.6. The summed E-state index contributed by atoms with van der Waals surface area (Å²) < 4.78 is 16.2. The molecule has 2 aliphatic heterocycles. The van der Waals surface area contributed by atoms with Crippen molar-refractivity contribution in [2.45, 2.75) is 19.4 Å². The van der Waals surface area contributed by atoms with Crippen LogP contribution in [0.15, 0.2) is 0 Å². The van der Waals surface area contributed by atoms with E-state index in [0.29, 0.717) is 44.3 Å². The molecule has 0 bridgehead atoms. The van der Waals surface area contributed by atoms with Crippen LogP contribution in [0.1, 0.15) is 13.3 Å². The number of hydrogen-bond donors (Lipinski definition) is 1. The van der Waals surface area contributed by atoms with E-state index in [9.17, 15) is 0 Å². The van der Waals surface area contributed by atoms with Gasteiger partial charge >= 0.3 is 6.01 Å². The smallest absolute Gasteiger partial charge is 0.323 e. The zero-order chi connectivity index (χ0) is 14.5. The summed E-state index contributed by atoms with van der Waals surface area (Å²) in [5, 5.41) is 3.19. The van der Waals surface area contributed by atoms with Gasteiger partial charge in [-0.3, -0.25) is 0 Å². The molecule has 21 heavy (non-hydrogen) atoms. The van der Waals surface area contributed by atoms with Gasteiger partial charge in [0.2, 0.25) is 11.9 Å². The van der Waals surface area contributed by atoms with Crippen molar-refractivity contribution in [1.29, 1.82) is 0 Å². The molecule has 0 unspecified atom stereocenters. The molecule has 0 saturated carbocycles. The van der Waals surface area contributed by atoms with Gasteiger partial charge in [0.15, 0.2) is 0 Å². The lowest BCUT2D eigenvalue weighted by Gasteiger charge is -2.28. The highest BCUT2D eigenvalue weighted by Crippen LogP contribution is 2.18. The van der Waals surface area contributed by atoms with E-state index >= 15 is 0 Å². The molecule has 2 fully saturated rings. The molecule has 8 heteroatoms. The van der Waals surface area contributed by atoms with E-state index in [-0.39, 0.29) is 6.10 Å². The average molecular weight is 295 g/mol. The lowest BCUT2D eigenvalue weighted by Crippen LogP contribution is -2.40. The number of rotatable bonds is 6. The van der Waals surface area contributed by atoms with E-state index in [4.69, 9.17) is 14.2 Å². The largest absolute Gasteiger partial charge is 0.455 e. The van der Waals surface area contributed by atoms with Crippen molar-refractivity contribution in [2.75, 3.05) is 56.3 Å². The van der Waals surface area contributed by atoms with Gasteiger partial charge in [-0.05, 0) is 6.42 Å². The van der Waals surface area contributed by atoms with Crippen molar-refractivity contribution < 1.29 is 14.2 Å². The quantitative estimate of drug-likeness (QED) is 0.803. The Hall–Kier alpha value is -1.67. The van der Waals surface area contributed by atoms with Gasteiger partial charge in [0, 0.05) is 19.6 Å². The maximum absolute atomic E-state index is 5.72. The normalized spacial score (nSPS) is 19.2. The number of nitrogens with zero attached hydrogens (tertiary/aromatic N) is 4. The molecule has 0 spiro atoms. The molecule has 0 aromatic carbocycles. The van der Waals surface area contributed by atoms with Gasteiger partial charge < -0.3 is 24.4 Å². The number of nitrogens with one attached hydrogen (secondary N) is 1. The third-order valence-corrected chi connectivity index (χ3v) is 3.31. The summed E-state index contributed by atoms with van der Waals surface area (Å²) in [6.07, 6.45) is 1.05. The molecule has 1 N–H and O–H groups in total. The summed E-state index contributed by atoms with van der Waals surface area (Å²) in [5.41, 5.74) is 0. The fourth-order valence-electron chi connectivity index (χ4n) is 2.05. The first-order chi connectivity index (χ1) is 10.3. The third kappa shape index (κ3) is 3.70. The van der Waals surface area contributed by atoms with Crippen LogP contribution in [-0.2, 0) is 9.47 Å². The van der Waals surface area contributed by atoms with Crippen LogP contribution in [0.4, 0.5) is 11.9 Å². The zero-order valence-corrected chi connectivity index (χ0v) is 12.2. The number of ether oxygens (including phenoxy) is 3. The Kier molecular flexibility index (Phi) is 4.66. The standard InChI is InChI=1S/C13H21N5O3/c1-2-3-14-11-15-12(18-4-6-19-7-5-18)17-13(16-11)21-10-8-20-9-10/h10H,2-9H2,1H3,(H,14,15,16,17). The predicted octanol–water partition coefficient (Wildman–Crippen LogP) is 0.308. The lowest BCUT2D eigenvalue weighted by molar-refractivity contribution is -0.0831. The first-order valence-electron chi connectivity index (χ1n) is 7.42. The topological polar surface area (TPSA) is 81.6 Å². The monoisotopic (exact) mass is 295 g/mol. The van der Waals surface area contributed by atoms with Gasteiger partial charge in [-0.1, -0.05) is 6.92 Å². The molecular weight excluding hydrogens is 274 g/mol. The number of aromatic nitrogens is 3. The summed E-state index contributed by atoms with van der Waals surface area (Å²) in [7, 11) is 0. The molecule has 2 saturated heterocycles. The minimum absolute atomic E-state index is 0.0453. The molecule has 0 atom stereocenters. The number of hydrogen-bond acceptors (Lipinski definition) is 8. The van der Waals surface area contributed by atoms with Gasteiger partial charge in [-0.2, -0.15) is 15.0 Å². The van der Waals surface area contributed by atoms with Crippen LogP contribution in [0.3, 0.4) is 0 Å². The second-order valence-corrected chi connectivity index (χ2v) is 5.05. The van der Waals surface area contributed by atoms with E-state index in [0.717, 1.165) is 26.1 Å². The van der Waals surface area contributed by atoms with Crippen LogP contribution < -0.4 is 15.0 Å². The third-order valence-electron chi connectivity index (χ3n) is 3.31. The molecule has 3 heterocycles. The molecule has 0 amide bonds. The second kappa shape index (κ2) is 6.86. The van der Waals surface area contributed by atoms with E-state index in [1.165, 1.54) is 0 Å². The average Bonchev–Trinajstić information content (AvgIpc) is 2.50. The van der Waals surface area contributed by atoms with Crippen LogP contribution >= 0.6 is 0 Å². The molecule has 116 valence electrons. The molecule has 8 nitrogen and oxygen atoms in total. The van der Waals surface area contributed by atoms with Crippen molar-refractivity contribution in [1.82, 2.24) is 15.0 Å². The summed E-state index contributed by atoms with van der Waals surface area (Å²) in [6, 6.07) is 0.360. The second-order valence-electron chi connectivity index (χ2n) is 5.05. The first-order valence-corrected chi connectivity index (χ1v) is 7.42. The van der Waals surface area contributed by atoms with Gasteiger partial charge in [-0.15, -0.1) is 0 Å². The maximum atomic E-state index is 5.72. The Balaban J connectivity index is 1.76. The minimum Gasteiger partial charge on any atom is -0.455 e. The highest BCUT2D eigenvalue weighted by molar-refractivity contribution is 5.38. The Morgan fingerprint density at radius 3 is 2.67 bits per heavy atom. The van der Waals surface area contributed by atoms with Crippen LogP contribution in [0.2, 0.25) is 0 Å². The molecule has 1 aromatic heterocycles. The number of morpholine rings is 1. The van der Waals surface area contributed by atoms with Crippen LogP contribution in [0.5, 0.6) is 6.01 Å². The SMILES string of the molecule is CCCNc1nc(OC2COC2)nc(N2CCOCC2)n1. The van der Waals surface area contributed by atoms with Gasteiger partial charge in [0.25, 0.3) is 0 Å². The van der Waals surface area contributed by atoms with E-state index in [1.54, 1.807) is 0 Å². The van der Waals surface area contributed by atoms with Crippen LogP contribution in [0, 0.1) is 0 Å². The Labute approximate surface area is 123 Å². The van der Waals surface area contributed by atoms with E-state index in [2.05, 4.69) is 32.1 Å². The Morgan fingerprint density at radius 1 is 1.19 bits per heavy atom. The minimum atomic E-state index is 0.0453. The molecule has 0 aliphatic carbocycles. The van der Waals surface area contributed by atoms with Gasteiger partial charge in [-0.25, -0.2) is 0 Å². The highest BCUT2D eigenvalue weighted by Gasteiger charge is 2.23. The fraction of sp³-hybridized carbons (Fsp3) is 0.769. The zero-order valence-electron chi connectivity index (χ0n) is 12.2. The van der Waals surface area contributed by atoms with Crippen LogP contribution in [-0.4, -0.2) is 67.1 Å². The number of anilines is 2.